The van der Waals surface area contributed by atoms with Gasteiger partial charge in [0.1, 0.15) is 17.7 Å². The zero-order valence-electron chi connectivity index (χ0n) is 20.7. The Hall–Kier alpha value is -2.96. The number of amides is 3. The number of benzene rings is 2. The number of nitrogens with one attached hydrogen (secondary N) is 2. The lowest BCUT2D eigenvalue weighted by Crippen LogP contribution is -2.53. The van der Waals surface area contributed by atoms with Gasteiger partial charge in [0, 0.05) is 25.6 Å². The molecule has 1 atom stereocenters. The first-order chi connectivity index (χ1) is 16.8. The topological polar surface area (TPSA) is 61.4 Å². The number of likely N-dealkylation sites (tertiary alicyclic amines) is 1. The lowest BCUT2D eigenvalue weighted by Gasteiger charge is -2.27. The predicted octanol–water partition coefficient (Wildman–Crippen LogP) is 5.60. The van der Waals surface area contributed by atoms with Crippen LogP contribution in [0.1, 0.15) is 69.4 Å². The van der Waals surface area contributed by atoms with Crippen molar-refractivity contribution in [3.8, 4) is 0 Å². The first-order valence-electron chi connectivity index (χ1n) is 12.7. The minimum absolute atomic E-state index is 0.0443. The minimum atomic E-state index is -0.601. The van der Waals surface area contributed by atoms with Crippen molar-refractivity contribution in [1.29, 1.82) is 0 Å². The fourth-order valence-corrected chi connectivity index (χ4v) is 4.58. The van der Waals surface area contributed by atoms with Gasteiger partial charge in [-0.25, -0.2) is 13.6 Å². The third-order valence-corrected chi connectivity index (χ3v) is 6.63. The molecule has 0 radical (unpaired) electrons. The molecular formula is C28H37F2N3O2. The average Bonchev–Trinajstić information content (AvgIpc) is 3.13. The van der Waals surface area contributed by atoms with E-state index in [0.717, 1.165) is 49.9 Å². The van der Waals surface area contributed by atoms with Crippen LogP contribution in [0.3, 0.4) is 0 Å². The molecular weight excluding hydrogens is 448 g/mol. The highest BCUT2D eigenvalue weighted by Crippen LogP contribution is 2.29. The Morgan fingerprint density at radius 1 is 0.857 bits per heavy atom. The van der Waals surface area contributed by atoms with Gasteiger partial charge in [0.25, 0.3) is 0 Å². The van der Waals surface area contributed by atoms with Crippen LogP contribution in [0.25, 0.3) is 0 Å². The molecule has 1 saturated heterocycles. The molecule has 0 unspecified atom stereocenters. The van der Waals surface area contributed by atoms with Crippen molar-refractivity contribution in [2.24, 2.45) is 5.92 Å². The Bertz CT molecular complexity index is 894. The second-order valence-corrected chi connectivity index (χ2v) is 9.66. The average molecular weight is 486 g/mol. The summed E-state index contributed by atoms with van der Waals surface area (Å²) in [5.74, 6) is -0.890. The molecule has 2 aromatic carbocycles. The Kier molecular flexibility index (Phi) is 10.1. The van der Waals surface area contributed by atoms with Gasteiger partial charge >= 0.3 is 6.03 Å². The van der Waals surface area contributed by atoms with Gasteiger partial charge in [0.2, 0.25) is 5.91 Å². The highest BCUT2D eigenvalue weighted by atomic mass is 19.1. The summed E-state index contributed by atoms with van der Waals surface area (Å²) >= 11 is 0. The van der Waals surface area contributed by atoms with Crippen LogP contribution in [-0.2, 0) is 4.79 Å². The van der Waals surface area contributed by atoms with Crippen LogP contribution in [0.15, 0.2) is 48.5 Å². The SMILES string of the molecule is CC(C)[C@H](NC(=O)N1CCCCCC1)C(=O)NCCCC(c1ccc(F)cc1)c1ccc(F)cc1. The summed E-state index contributed by atoms with van der Waals surface area (Å²) in [5.41, 5.74) is 1.88. The molecule has 5 nitrogen and oxygen atoms in total. The van der Waals surface area contributed by atoms with Gasteiger partial charge in [0.15, 0.2) is 0 Å². The largest absolute Gasteiger partial charge is 0.354 e. The summed E-state index contributed by atoms with van der Waals surface area (Å²) in [7, 11) is 0. The zero-order valence-corrected chi connectivity index (χ0v) is 20.7. The molecule has 0 bridgehead atoms. The molecule has 7 heteroatoms. The van der Waals surface area contributed by atoms with E-state index in [2.05, 4.69) is 10.6 Å². The fourth-order valence-electron chi connectivity index (χ4n) is 4.58. The maximum atomic E-state index is 13.4. The van der Waals surface area contributed by atoms with Crippen molar-refractivity contribution < 1.29 is 18.4 Å². The third kappa shape index (κ3) is 8.05. The molecule has 1 aliphatic rings. The number of carbonyl (C=O) groups is 2. The molecule has 1 aliphatic heterocycles. The van der Waals surface area contributed by atoms with Crippen LogP contribution < -0.4 is 10.6 Å². The summed E-state index contributed by atoms with van der Waals surface area (Å²) in [6.45, 7) is 5.75. The number of urea groups is 1. The minimum Gasteiger partial charge on any atom is -0.354 e. The van der Waals surface area contributed by atoms with E-state index in [0.29, 0.717) is 19.4 Å². The first-order valence-corrected chi connectivity index (χ1v) is 12.7. The molecule has 3 rings (SSSR count). The molecule has 35 heavy (non-hydrogen) atoms. The van der Waals surface area contributed by atoms with Gasteiger partial charge in [-0.3, -0.25) is 4.79 Å². The molecule has 0 saturated carbocycles. The van der Waals surface area contributed by atoms with Crippen LogP contribution in [-0.4, -0.2) is 42.5 Å². The van der Waals surface area contributed by atoms with Gasteiger partial charge in [0.05, 0.1) is 0 Å². The quantitative estimate of drug-likeness (QED) is 0.454. The summed E-state index contributed by atoms with van der Waals surface area (Å²) in [6, 6.07) is 11.9. The number of carbonyl (C=O) groups excluding carboxylic acids is 2. The monoisotopic (exact) mass is 485 g/mol. The van der Waals surface area contributed by atoms with Crippen molar-refractivity contribution >= 4 is 11.9 Å². The molecule has 0 spiro atoms. The van der Waals surface area contributed by atoms with Gasteiger partial charge in [-0.05, 0) is 67.0 Å². The van der Waals surface area contributed by atoms with Crippen molar-refractivity contribution in [3.05, 3.63) is 71.3 Å². The zero-order chi connectivity index (χ0) is 25.2. The number of hydrogen-bond donors (Lipinski definition) is 2. The Balaban J connectivity index is 1.56. The summed E-state index contributed by atoms with van der Waals surface area (Å²) in [6.07, 6.45) is 5.63. The van der Waals surface area contributed by atoms with Crippen LogP contribution in [0.5, 0.6) is 0 Å². The van der Waals surface area contributed by atoms with Crippen molar-refractivity contribution in [3.63, 3.8) is 0 Å². The van der Waals surface area contributed by atoms with E-state index < -0.39 is 6.04 Å². The van der Waals surface area contributed by atoms with Gasteiger partial charge in [-0.2, -0.15) is 0 Å². The normalized spacial score (nSPS) is 15.1. The molecule has 1 fully saturated rings. The molecule has 2 N–H and O–H groups in total. The molecule has 3 amide bonds. The van der Waals surface area contributed by atoms with Gasteiger partial charge in [-0.1, -0.05) is 51.0 Å². The summed E-state index contributed by atoms with van der Waals surface area (Å²) in [5, 5.41) is 5.90. The molecule has 2 aromatic rings. The smallest absolute Gasteiger partial charge is 0.318 e. The van der Waals surface area contributed by atoms with Crippen LogP contribution in [0, 0.1) is 17.6 Å². The second kappa shape index (κ2) is 13.2. The van der Waals surface area contributed by atoms with Gasteiger partial charge in [-0.15, -0.1) is 0 Å². The maximum Gasteiger partial charge on any atom is 0.318 e. The van der Waals surface area contributed by atoms with E-state index in [1.165, 1.54) is 24.3 Å². The highest BCUT2D eigenvalue weighted by molar-refractivity contribution is 5.87. The highest BCUT2D eigenvalue weighted by Gasteiger charge is 2.26. The number of hydrogen-bond acceptors (Lipinski definition) is 2. The van der Waals surface area contributed by atoms with Crippen LogP contribution in [0.2, 0.25) is 0 Å². The van der Waals surface area contributed by atoms with Crippen LogP contribution in [0.4, 0.5) is 13.6 Å². The lowest BCUT2D eigenvalue weighted by atomic mass is 9.87. The van der Waals surface area contributed by atoms with E-state index in [4.69, 9.17) is 0 Å². The second-order valence-electron chi connectivity index (χ2n) is 9.66. The van der Waals surface area contributed by atoms with Crippen LogP contribution >= 0.6 is 0 Å². The molecule has 1 heterocycles. The molecule has 190 valence electrons. The van der Waals surface area contributed by atoms with Crippen molar-refractivity contribution in [2.45, 2.75) is 64.3 Å². The van der Waals surface area contributed by atoms with Crippen molar-refractivity contribution in [2.75, 3.05) is 19.6 Å². The number of halogens is 2. The molecule has 0 aromatic heterocycles. The lowest BCUT2D eigenvalue weighted by molar-refractivity contribution is -0.123. The Labute approximate surface area is 207 Å². The van der Waals surface area contributed by atoms with E-state index in [1.807, 2.05) is 18.7 Å². The third-order valence-electron chi connectivity index (χ3n) is 6.63. The first kappa shape index (κ1) is 26.6. The van der Waals surface area contributed by atoms with E-state index in [-0.39, 0.29) is 35.4 Å². The maximum absolute atomic E-state index is 13.4. The fraction of sp³-hybridized carbons (Fsp3) is 0.500. The summed E-state index contributed by atoms with van der Waals surface area (Å²) in [4.78, 5) is 27.4. The van der Waals surface area contributed by atoms with E-state index >= 15 is 0 Å². The number of nitrogens with zero attached hydrogens (tertiary/aromatic N) is 1. The van der Waals surface area contributed by atoms with Gasteiger partial charge < -0.3 is 15.5 Å². The van der Waals surface area contributed by atoms with Crippen molar-refractivity contribution in [1.82, 2.24) is 15.5 Å². The standard InChI is InChI=1S/C28H37F2N3O2/c1-20(2)26(32-28(35)33-18-5-3-4-6-19-33)27(34)31-17-7-8-25(21-9-13-23(29)14-10-21)22-11-15-24(30)16-12-22/h9-16,20,25-26H,3-8,17-19H2,1-2H3,(H,31,34)(H,32,35)/t26-/m0/s1. The van der Waals surface area contributed by atoms with E-state index in [1.54, 1.807) is 24.3 Å². The van der Waals surface area contributed by atoms with E-state index in [9.17, 15) is 18.4 Å². The number of rotatable bonds is 9. The Morgan fingerprint density at radius 3 is 1.86 bits per heavy atom. The summed E-state index contributed by atoms with van der Waals surface area (Å²) < 4.78 is 26.9. The predicted molar refractivity (Wildman–Crippen MR) is 134 cm³/mol. The molecule has 0 aliphatic carbocycles. The Morgan fingerprint density at radius 2 is 1.37 bits per heavy atom.